The van der Waals surface area contributed by atoms with Crippen molar-refractivity contribution >= 4 is 5.91 Å². The van der Waals surface area contributed by atoms with Crippen LogP contribution in [0.3, 0.4) is 0 Å². The third kappa shape index (κ3) is 2.69. The number of nitrogens with one attached hydrogen (secondary N) is 1. The van der Waals surface area contributed by atoms with Gasteiger partial charge in [-0.15, -0.1) is 0 Å². The Morgan fingerprint density at radius 2 is 2.36 bits per heavy atom. The molecule has 1 aliphatic rings. The molecule has 0 aromatic rings. The molecule has 0 aromatic heterocycles. The normalized spacial score (nSPS) is 29.8. The Bertz CT molecular complexity index is 197. The van der Waals surface area contributed by atoms with E-state index in [-0.39, 0.29) is 24.6 Å². The molecule has 82 valence electrons. The van der Waals surface area contributed by atoms with Crippen LogP contribution in [-0.4, -0.2) is 47.7 Å². The highest BCUT2D eigenvalue weighted by Gasteiger charge is 2.28. The third-order valence-corrected chi connectivity index (χ3v) is 2.67. The molecule has 1 rings (SSSR count). The SMILES string of the molecule is CCCN1CCC(C)NC(=O)C1CO. The monoisotopic (exact) mass is 200 g/mol. The van der Waals surface area contributed by atoms with Gasteiger partial charge in [0, 0.05) is 12.6 Å². The maximum Gasteiger partial charge on any atom is 0.239 e. The summed E-state index contributed by atoms with van der Waals surface area (Å²) in [6, 6.07) is -0.127. The van der Waals surface area contributed by atoms with Crippen molar-refractivity contribution in [3.05, 3.63) is 0 Å². The lowest BCUT2D eigenvalue weighted by Crippen LogP contribution is -2.47. The molecule has 1 aliphatic heterocycles. The zero-order chi connectivity index (χ0) is 10.6. The maximum atomic E-state index is 11.6. The molecular formula is C10H20N2O2. The topological polar surface area (TPSA) is 52.6 Å². The van der Waals surface area contributed by atoms with Gasteiger partial charge in [0.15, 0.2) is 0 Å². The second-order valence-corrected chi connectivity index (χ2v) is 3.93. The molecule has 2 N–H and O–H groups in total. The summed E-state index contributed by atoms with van der Waals surface area (Å²) in [5, 5.41) is 12.1. The van der Waals surface area contributed by atoms with Gasteiger partial charge in [-0.1, -0.05) is 6.92 Å². The van der Waals surface area contributed by atoms with E-state index in [0.29, 0.717) is 0 Å². The molecule has 2 atom stereocenters. The van der Waals surface area contributed by atoms with E-state index in [0.717, 1.165) is 25.9 Å². The molecule has 1 fully saturated rings. The van der Waals surface area contributed by atoms with Crippen LogP contribution in [0.5, 0.6) is 0 Å². The van der Waals surface area contributed by atoms with Gasteiger partial charge < -0.3 is 10.4 Å². The lowest BCUT2D eigenvalue weighted by Gasteiger charge is -2.25. The number of carbonyl (C=O) groups excluding carboxylic acids is 1. The van der Waals surface area contributed by atoms with E-state index in [2.05, 4.69) is 17.1 Å². The predicted octanol–water partition coefficient (Wildman–Crippen LogP) is -0.0323. The van der Waals surface area contributed by atoms with Crippen molar-refractivity contribution in [1.29, 1.82) is 0 Å². The Morgan fingerprint density at radius 1 is 1.64 bits per heavy atom. The van der Waals surface area contributed by atoms with Gasteiger partial charge in [-0.2, -0.15) is 0 Å². The number of amides is 1. The molecule has 2 unspecified atom stereocenters. The molecule has 0 spiro atoms. The van der Waals surface area contributed by atoms with Gasteiger partial charge >= 0.3 is 0 Å². The summed E-state index contributed by atoms with van der Waals surface area (Å²) >= 11 is 0. The molecule has 1 saturated heterocycles. The molecule has 0 aromatic carbocycles. The van der Waals surface area contributed by atoms with Gasteiger partial charge in [0.05, 0.1) is 6.61 Å². The van der Waals surface area contributed by atoms with E-state index in [1.807, 2.05) is 6.92 Å². The highest BCUT2D eigenvalue weighted by Crippen LogP contribution is 2.09. The molecule has 1 heterocycles. The van der Waals surface area contributed by atoms with E-state index in [4.69, 9.17) is 5.11 Å². The highest BCUT2D eigenvalue weighted by molar-refractivity contribution is 5.82. The molecule has 4 nitrogen and oxygen atoms in total. The summed E-state index contributed by atoms with van der Waals surface area (Å²) in [4.78, 5) is 13.7. The van der Waals surface area contributed by atoms with Crippen molar-refractivity contribution in [2.75, 3.05) is 19.7 Å². The van der Waals surface area contributed by atoms with Crippen molar-refractivity contribution in [3.8, 4) is 0 Å². The van der Waals surface area contributed by atoms with Gasteiger partial charge in [0.1, 0.15) is 6.04 Å². The van der Waals surface area contributed by atoms with Crippen LogP contribution in [0.2, 0.25) is 0 Å². The first-order valence-corrected chi connectivity index (χ1v) is 5.34. The molecule has 4 heteroatoms. The van der Waals surface area contributed by atoms with Gasteiger partial charge in [-0.3, -0.25) is 9.69 Å². The second-order valence-electron chi connectivity index (χ2n) is 3.93. The maximum absolute atomic E-state index is 11.6. The Labute approximate surface area is 85.3 Å². The van der Waals surface area contributed by atoms with E-state index in [1.54, 1.807) is 0 Å². The molecular weight excluding hydrogens is 180 g/mol. The number of rotatable bonds is 3. The smallest absolute Gasteiger partial charge is 0.239 e. The van der Waals surface area contributed by atoms with Crippen LogP contribution in [0.4, 0.5) is 0 Å². The summed E-state index contributed by atoms with van der Waals surface area (Å²) in [7, 11) is 0. The Morgan fingerprint density at radius 3 is 2.93 bits per heavy atom. The van der Waals surface area contributed by atoms with Gasteiger partial charge in [-0.05, 0) is 26.3 Å². The van der Waals surface area contributed by atoms with Crippen molar-refractivity contribution in [2.24, 2.45) is 0 Å². The summed E-state index contributed by atoms with van der Waals surface area (Å²) in [5.74, 6) is -0.0362. The molecule has 1 amide bonds. The zero-order valence-corrected chi connectivity index (χ0v) is 8.99. The fraction of sp³-hybridized carbons (Fsp3) is 0.900. The van der Waals surface area contributed by atoms with Crippen LogP contribution in [-0.2, 0) is 4.79 Å². The third-order valence-electron chi connectivity index (χ3n) is 2.67. The lowest BCUT2D eigenvalue weighted by molar-refractivity contribution is -0.127. The fourth-order valence-corrected chi connectivity index (χ4v) is 1.85. The molecule has 0 saturated carbocycles. The largest absolute Gasteiger partial charge is 0.394 e. The summed E-state index contributed by atoms with van der Waals surface area (Å²) in [5.41, 5.74) is 0. The summed E-state index contributed by atoms with van der Waals surface area (Å²) < 4.78 is 0. The van der Waals surface area contributed by atoms with Crippen molar-refractivity contribution in [2.45, 2.75) is 38.8 Å². The van der Waals surface area contributed by atoms with Gasteiger partial charge in [-0.25, -0.2) is 0 Å². The number of nitrogens with zero attached hydrogens (tertiary/aromatic N) is 1. The van der Waals surface area contributed by atoms with Crippen LogP contribution >= 0.6 is 0 Å². The van der Waals surface area contributed by atoms with Gasteiger partial charge in [0.2, 0.25) is 5.91 Å². The van der Waals surface area contributed by atoms with Crippen molar-refractivity contribution in [3.63, 3.8) is 0 Å². The van der Waals surface area contributed by atoms with Crippen LogP contribution < -0.4 is 5.32 Å². The number of aliphatic hydroxyl groups excluding tert-OH is 1. The minimum absolute atomic E-state index is 0.0362. The van der Waals surface area contributed by atoms with Crippen molar-refractivity contribution in [1.82, 2.24) is 10.2 Å². The quantitative estimate of drug-likeness (QED) is 0.672. The van der Waals surface area contributed by atoms with Crippen LogP contribution in [0.25, 0.3) is 0 Å². The minimum Gasteiger partial charge on any atom is -0.394 e. The highest BCUT2D eigenvalue weighted by atomic mass is 16.3. The average molecular weight is 200 g/mol. The first kappa shape index (κ1) is 11.5. The Kier molecular flexibility index (Phi) is 4.35. The van der Waals surface area contributed by atoms with E-state index >= 15 is 0 Å². The lowest BCUT2D eigenvalue weighted by atomic mass is 10.2. The zero-order valence-electron chi connectivity index (χ0n) is 8.99. The summed E-state index contributed by atoms with van der Waals surface area (Å²) in [6.07, 6.45) is 1.97. The first-order chi connectivity index (χ1) is 6.69. The van der Waals surface area contributed by atoms with E-state index in [9.17, 15) is 4.79 Å². The fourth-order valence-electron chi connectivity index (χ4n) is 1.85. The van der Waals surface area contributed by atoms with Crippen LogP contribution in [0.15, 0.2) is 0 Å². The van der Waals surface area contributed by atoms with E-state index < -0.39 is 0 Å². The van der Waals surface area contributed by atoms with Crippen molar-refractivity contribution < 1.29 is 9.90 Å². The predicted molar refractivity (Wildman–Crippen MR) is 55.0 cm³/mol. The average Bonchev–Trinajstić information content (AvgIpc) is 2.26. The Hall–Kier alpha value is -0.610. The van der Waals surface area contributed by atoms with Crippen LogP contribution in [0, 0.1) is 0 Å². The molecule has 0 bridgehead atoms. The molecule has 14 heavy (non-hydrogen) atoms. The van der Waals surface area contributed by atoms with Gasteiger partial charge in [0.25, 0.3) is 0 Å². The van der Waals surface area contributed by atoms with E-state index in [1.165, 1.54) is 0 Å². The molecule has 0 aliphatic carbocycles. The van der Waals surface area contributed by atoms with Crippen LogP contribution in [0.1, 0.15) is 26.7 Å². The first-order valence-electron chi connectivity index (χ1n) is 5.34. The minimum atomic E-state index is -0.347. The standard InChI is InChI=1S/C10H20N2O2/c1-3-5-12-6-4-8(2)11-10(14)9(12)7-13/h8-9,13H,3-7H2,1-2H3,(H,11,14). The number of carbonyl (C=O) groups is 1. The summed E-state index contributed by atoms with van der Waals surface area (Å²) in [6.45, 7) is 5.77. The Balaban J connectivity index is 2.66. The number of aliphatic hydroxyl groups is 1. The molecule has 0 radical (unpaired) electrons. The second kappa shape index (κ2) is 5.32. The number of hydrogen-bond donors (Lipinski definition) is 2. The number of hydrogen-bond acceptors (Lipinski definition) is 3.